The Morgan fingerprint density at radius 3 is 2.42 bits per heavy atom. The summed E-state index contributed by atoms with van der Waals surface area (Å²) < 4.78 is 0.956. The smallest absolute Gasteiger partial charge is 0.226 e. The number of anilines is 1. The van der Waals surface area contributed by atoms with Crippen LogP contribution >= 0.6 is 15.9 Å². The van der Waals surface area contributed by atoms with Gasteiger partial charge in [0, 0.05) is 29.5 Å². The van der Waals surface area contributed by atoms with Crippen LogP contribution in [0.4, 0.5) is 5.69 Å². The third-order valence-corrected chi connectivity index (χ3v) is 2.94. The first-order valence-corrected chi connectivity index (χ1v) is 6.93. The van der Waals surface area contributed by atoms with E-state index in [2.05, 4.69) is 26.6 Å². The van der Waals surface area contributed by atoms with Gasteiger partial charge in [-0.3, -0.25) is 9.59 Å². The van der Waals surface area contributed by atoms with Crippen LogP contribution in [0.2, 0.25) is 0 Å². The first-order valence-electron chi connectivity index (χ1n) is 6.14. The Balaban J connectivity index is 2.21. The number of benzene rings is 1. The van der Waals surface area contributed by atoms with Crippen LogP contribution in [0.25, 0.3) is 0 Å². The summed E-state index contributed by atoms with van der Waals surface area (Å²) in [7, 11) is 0. The fraction of sp³-hybridized carbons (Fsp3) is 0.385. The molecule has 5 nitrogen and oxygen atoms in total. The van der Waals surface area contributed by atoms with Crippen LogP contribution in [0, 0.1) is 0 Å². The third-order valence-electron chi connectivity index (χ3n) is 2.41. The van der Waals surface area contributed by atoms with Gasteiger partial charge < -0.3 is 16.4 Å². The van der Waals surface area contributed by atoms with E-state index in [0.29, 0.717) is 25.9 Å². The second-order valence-electron chi connectivity index (χ2n) is 4.05. The number of halogens is 1. The Bertz CT molecular complexity index is 420. The van der Waals surface area contributed by atoms with Crippen molar-refractivity contribution in [3.8, 4) is 0 Å². The summed E-state index contributed by atoms with van der Waals surface area (Å²) in [5.41, 5.74) is 6.04. The Labute approximate surface area is 121 Å². The van der Waals surface area contributed by atoms with Gasteiger partial charge in [0.05, 0.1) is 0 Å². The summed E-state index contributed by atoms with van der Waals surface area (Å²) in [4.78, 5) is 22.9. The zero-order valence-electron chi connectivity index (χ0n) is 10.6. The molecule has 1 aromatic carbocycles. The van der Waals surface area contributed by atoms with E-state index in [1.54, 1.807) is 0 Å². The van der Waals surface area contributed by atoms with Crippen LogP contribution in [0.1, 0.15) is 19.3 Å². The number of hydrogen-bond donors (Lipinski definition) is 3. The molecule has 1 rings (SSSR count). The van der Waals surface area contributed by atoms with E-state index in [9.17, 15) is 9.59 Å². The van der Waals surface area contributed by atoms with E-state index >= 15 is 0 Å². The second-order valence-corrected chi connectivity index (χ2v) is 4.96. The molecule has 0 spiro atoms. The van der Waals surface area contributed by atoms with Crippen molar-refractivity contribution >= 4 is 33.4 Å². The molecule has 0 bridgehead atoms. The fourth-order valence-corrected chi connectivity index (χ4v) is 1.69. The molecule has 0 fully saturated rings. The molecule has 6 heteroatoms. The van der Waals surface area contributed by atoms with Crippen LogP contribution < -0.4 is 16.4 Å². The quantitative estimate of drug-likeness (QED) is 0.711. The summed E-state index contributed by atoms with van der Waals surface area (Å²) in [6.45, 7) is 0.837. The van der Waals surface area contributed by atoms with Gasteiger partial charge in [0.25, 0.3) is 0 Å². The number of amides is 2. The van der Waals surface area contributed by atoms with E-state index in [4.69, 9.17) is 5.73 Å². The molecule has 0 aliphatic heterocycles. The van der Waals surface area contributed by atoms with Crippen LogP contribution in [0.15, 0.2) is 28.7 Å². The molecular weight excluding hydrogens is 310 g/mol. The molecule has 0 atom stereocenters. The lowest BCUT2D eigenvalue weighted by atomic mass is 10.3. The summed E-state index contributed by atoms with van der Waals surface area (Å²) in [5.74, 6) is -0.191. The van der Waals surface area contributed by atoms with Gasteiger partial charge in [-0.15, -0.1) is 0 Å². The molecule has 0 saturated carbocycles. The first-order chi connectivity index (χ1) is 9.11. The highest BCUT2D eigenvalue weighted by Crippen LogP contribution is 2.14. The lowest BCUT2D eigenvalue weighted by molar-refractivity contribution is -0.121. The summed E-state index contributed by atoms with van der Waals surface area (Å²) in [6.07, 6.45) is 1.33. The SMILES string of the molecule is NCCCC(=O)NCCC(=O)Nc1ccc(Br)cc1. The van der Waals surface area contributed by atoms with Crippen molar-refractivity contribution in [2.45, 2.75) is 19.3 Å². The van der Waals surface area contributed by atoms with Gasteiger partial charge in [0.2, 0.25) is 11.8 Å². The van der Waals surface area contributed by atoms with Crippen LogP contribution in [-0.2, 0) is 9.59 Å². The van der Waals surface area contributed by atoms with Crippen molar-refractivity contribution in [1.82, 2.24) is 5.32 Å². The van der Waals surface area contributed by atoms with Gasteiger partial charge in [-0.05, 0) is 37.2 Å². The zero-order valence-corrected chi connectivity index (χ0v) is 12.2. The van der Waals surface area contributed by atoms with Gasteiger partial charge in [0.1, 0.15) is 0 Å². The molecule has 0 unspecified atom stereocenters. The average Bonchev–Trinajstić information content (AvgIpc) is 2.39. The normalized spacial score (nSPS) is 10.0. The van der Waals surface area contributed by atoms with Gasteiger partial charge >= 0.3 is 0 Å². The predicted molar refractivity (Wildman–Crippen MR) is 78.7 cm³/mol. The predicted octanol–water partition coefficient (Wildman–Crippen LogP) is 1.63. The summed E-state index contributed by atoms with van der Waals surface area (Å²) in [6, 6.07) is 7.32. The molecule has 1 aromatic rings. The summed E-state index contributed by atoms with van der Waals surface area (Å²) in [5, 5.41) is 5.44. The molecule has 0 heterocycles. The Morgan fingerprint density at radius 1 is 1.11 bits per heavy atom. The maximum absolute atomic E-state index is 11.6. The Kier molecular flexibility index (Phi) is 7.14. The number of nitrogens with two attached hydrogens (primary N) is 1. The maximum atomic E-state index is 11.6. The van der Waals surface area contributed by atoms with E-state index < -0.39 is 0 Å². The van der Waals surface area contributed by atoms with Gasteiger partial charge in [-0.25, -0.2) is 0 Å². The molecular formula is C13H18BrN3O2. The number of carbonyl (C=O) groups is 2. The number of rotatable bonds is 7. The number of hydrogen-bond acceptors (Lipinski definition) is 3. The van der Waals surface area contributed by atoms with E-state index in [1.165, 1.54) is 0 Å². The first kappa shape index (κ1) is 15.7. The van der Waals surface area contributed by atoms with Gasteiger partial charge in [-0.2, -0.15) is 0 Å². The lowest BCUT2D eigenvalue weighted by Gasteiger charge is -2.06. The summed E-state index contributed by atoms with van der Waals surface area (Å²) >= 11 is 3.32. The van der Waals surface area contributed by atoms with Gasteiger partial charge in [-0.1, -0.05) is 15.9 Å². The van der Waals surface area contributed by atoms with E-state index in [-0.39, 0.29) is 18.2 Å². The number of nitrogens with one attached hydrogen (secondary N) is 2. The monoisotopic (exact) mass is 327 g/mol. The van der Waals surface area contributed by atoms with Crippen molar-refractivity contribution < 1.29 is 9.59 Å². The van der Waals surface area contributed by atoms with Gasteiger partial charge in [0.15, 0.2) is 0 Å². The topological polar surface area (TPSA) is 84.2 Å². The minimum atomic E-state index is -0.124. The van der Waals surface area contributed by atoms with Crippen molar-refractivity contribution in [2.75, 3.05) is 18.4 Å². The van der Waals surface area contributed by atoms with Crippen molar-refractivity contribution in [3.63, 3.8) is 0 Å². The minimum Gasteiger partial charge on any atom is -0.356 e. The van der Waals surface area contributed by atoms with Crippen molar-refractivity contribution in [1.29, 1.82) is 0 Å². The molecule has 0 aliphatic rings. The highest BCUT2D eigenvalue weighted by atomic mass is 79.9. The average molecular weight is 328 g/mol. The molecule has 4 N–H and O–H groups in total. The molecule has 2 amide bonds. The van der Waals surface area contributed by atoms with E-state index in [1.807, 2.05) is 24.3 Å². The van der Waals surface area contributed by atoms with E-state index in [0.717, 1.165) is 10.2 Å². The van der Waals surface area contributed by atoms with Crippen molar-refractivity contribution in [3.05, 3.63) is 28.7 Å². The molecule has 0 saturated heterocycles. The minimum absolute atomic E-state index is 0.0677. The molecule has 19 heavy (non-hydrogen) atoms. The fourth-order valence-electron chi connectivity index (χ4n) is 1.42. The van der Waals surface area contributed by atoms with Crippen LogP contribution in [0.5, 0.6) is 0 Å². The highest BCUT2D eigenvalue weighted by molar-refractivity contribution is 9.10. The Morgan fingerprint density at radius 2 is 1.79 bits per heavy atom. The second kappa shape index (κ2) is 8.66. The number of carbonyl (C=O) groups excluding carboxylic acids is 2. The van der Waals surface area contributed by atoms with Crippen LogP contribution in [-0.4, -0.2) is 24.9 Å². The highest BCUT2D eigenvalue weighted by Gasteiger charge is 2.04. The molecule has 0 aromatic heterocycles. The standard InChI is InChI=1S/C13H18BrN3O2/c14-10-3-5-11(6-4-10)17-13(19)7-9-16-12(18)2-1-8-15/h3-6H,1-2,7-9,15H2,(H,16,18)(H,17,19). The molecule has 0 aliphatic carbocycles. The molecule has 0 radical (unpaired) electrons. The maximum Gasteiger partial charge on any atom is 0.226 e. The lowest BCUT2D eigenvalue weighted by Crippen LogP contribution is -2.27. The third kappa shape index (κ3) is 6.93. The zero-order chi connectivity index (χ0) is 14.1. The largest absolute Gasteiger partial charge is 0.356 e. The van der Waals surface area contributed by atoms with Crippen LogP contribution in [0.3, 0.4) is 0 Å². The molecule has 104 valence electrons. The Hall–Kier alpha value is -1.40. The van der Waals surface area contributed by atoms with Crippen molar-refractivity contribution in [2.24, 2.45) is 5.73 Å².